The lowest BCUT2D eigenvalue weighted by Gasteiger charge is -2.28. The molecule has 0 aliphatic carbocycles. The van der Waals surface area contributed by atoms with E-state index in [1.54, 1.807) is 0 Å². The van der Waals surface area contributed by atoms with Crippen molar-refractivity contribution in [2.45, 2.75) is 12.4 Å². The van der Waals surface area contributed by atoms with Crippen LogP contribution >= 0.6 is 0 Å². The van der Waals surface area contributed by atoms with E-state index in [2.05, 4.69) is 0 Å². The summed E-state index contributed by atoms with van der Waals surface area (Å²) in [5, 5.41) is 0. The Labute approximate surface area is 109 Å². The summed E-state index contributed by atoms with van der Waals surface area (Å²) < 4.78 is 133. The van der Waals surface area contributed by atoms with E-state index in [0.717, 1.165) is 0 Å². The van der Waals surface area contributed by atoms with Gasteiger partial charge in [0, 0.05) is 0 Å². The van der Waals surface area contributed by atoms with Gasteiger partial charge < -0.3 is 0 Å². The first-order valence-corrected chi connectivity index (χ1v) is 7.69. The van der Waals surface area contributed by atoms with Crippen LogP contribution in [0.1, 0.15) is 0 Å². The predicted molar refractivity (Wildman–Crippen MR) is 51.9 cm³/mol. The molecule has 14 heteroatoms. The molecule has 2 atom stereocenters. The third kappa shape index (κ3) is 7.25. The Balaban J connectivity index is 5.78. The molecule has 0 aromatic rings. The van der Waals surface area contributed by atoms with Gasteiger partial charge in [0.1, 0.15) is 0 Å². The van der Waals surface area contributed by atoms with E-state index in [1.807, 2.05) is 0 Å². The largest absolute Gasteiger partial charge is 0.393 e. The molecular weight excluding hydrogens is 346 g/mol. The lowest BCUT2D eigenvalue weighted by Crippen LogP contribution is -2.45. The van der Waals surface area contributed by atoms with Gasteiger partial charge in [-0.3, -0.25) is 9.11 Å². The Morgan fingerprint density at radius 3 is 1.00 bits per heavy atom. The molecule has 0 fully saturated rings. The number of hydrogen-bond donors (Lipinski definition) is 2. The zero-order valence-corrected chi connectivity index (χ0v) is 10.8. The van der Waals surface area contributed by atoms with E-state index in [1.165, 1.54) is 0 Å². The minimum Gasteiger partial charge on any atom is -0.286 e. The summed E-state index contributed by atoms with van der Waals surface area (Å²) in [5.74, 6) is -12.2. The van der Waals surface area contributed by atoms with Gasteiger partial charge >= 0.3 is 12.4 Å². The summed E-state index contributed by atoms with van der Waals surface area (Å²) in [5.41, 5.74) is 0. The Bertz CT molecular complexity index is 481. The Morgan fingerprint density at radius 1 is 0.700 bits per heavy atom. The predicted octanol–water partition coefficient (Wildman–Crippen LogP) is 1.12. The molecule has 0 saturated heterocycles. The van der Waals surface area contributed by atoms with E-state index >= 15 is 0 Å². The first kappa shape index (κ1) is 19.4. The molecule has 6 nitrogen and oxygen atoms in total. The molecule has 0 spiro atoms. The van der Waals surface area contributed by atoms with Crippen LogP contribution in [0, 0.1) is 11.8 Å². The Morgan fingerprint density at radius 2 is 0.900 bits per heavy atom. The number of rotatable bonds is 5. The monoisotopic (exact) mass is 354 g/mol. The van der Waals surface area contributed by atoms with Crippen molar-refractivity contribution in [3.63, 3.8) is 0 Å². The zero-order chi connectivity index (χ0) is 16.6. The molecule has 0 aliphatic heterocycles. The van der Waals surface area contributed by atoms with E-state index in [4.69, 9.17) is 9.11 Å². The number of halogens is 6. The Hall–Kier alpha value is -0.600. The molecule has 0 amide bonds. The summed E-state index contributed by atoms with van der Waals surface area (Å²) in [6.07, 6.45) is -11.5. The molecule has 122 valence electrons. The maximum Gasteiger partial charge on any atom is 0.393 e. The van der Waals surface area contributed by atoms with Gasteiger partial charge in [-0.05, 0) is 0 Å². The SMILES string of the molecule is O=S(=O)(O)CC(C(CS(=O)(=O)O)C(F)(F)F)C(F)(F)F. The zero-order valence-electron chi connectivity index (χ0n) is 9.18. The van der Waals surface area contributed by atoms with Crippen molar-refractivity contribution < 1.29 is 52.3 Å². The van der Waals surface area contributed by atoms with E-state index in [0.29, 0.717) is 0 Å². The van der Waals surface area contributed by atoms with Crippen molar-refractivity contribution in [1.82, 2.24) is 0 Å². The smallest absolute Gasteiger partial charge is 0.286 e. The normalized spacial score (nSPS) is 17.8. The van der Waals surface area contributed by atoms with E-state index in [-0.39, 0.29) is 0 Å². The molecule has 2 N–H and O–H groups in total. The highest BCUT2D eigenvalue weighted by atomic mass is 32.2. The summed E-state index contributed by atoms with van der Waals surface area (Å²) >= 11 is 0. The van der Waals surface area contributed by atoms with Gasteiger partial charge in [-0.1, -0.05) is 0 Å². The first-order valence-electron chi connectivity index (χ1n) is 4.47. The van der Waals surface area contributed by atoms with Crippen molar-refractivity contribution in [2.24, 2.45) is 11.8 Å². The summed E-state index contributed by atoms with van der Waals surface area (Å²) in [6, 6.07) is 0. The second-order valence-corrected chi connectivity index (χ2v) is 6.79. The molecule has 0 aromatic heterocycles. The van der Waals surface area contributed by atoms with Crippen molar-refractivity contribution in [3.05, 3.63) is 0 Å². The van der Waals surface area contributed by atoms with Crippen molar-refractivity contribution >= 4 is 20.2 Å². The van der Waals surface area contributed by atoms with Gasteiger partial charge in [-0.25, -0.2) is 0 Å². The molecule has 20 heavy (non-hydrogen) atoms. The first-order chi connectivity index (χ1) is 8.43. The third-order valence-electron chi connectivity index (χ3n) is 2.11. The van der Waals surface area contributed by atoms with Gasteiger partial charge in [0.05, 0.1) is 23.3 Å². The summed E-state index contributed by atoms with van der Waals surface area (Å²) in [4.78, 5) is 0. The van der Waals surface area contributed by atoms with E-state index in [9.17, 15) is 43.2 Å². The fourth-order valence-electron chi connectivity index (χ4n) is 1.33. The number of hydrogen-bond acceptors (Lipinski definition) is 4. The average Bonchev–Trinajstić information content (AvgIpc) is 2.04. The Kier molecular flexibility index (Phi) is 5.48. The van der Waals surface area contributed by atoms with Gasteiger partial charge in [0.15, 0.2) is 0 Å². The van der Waals surface area contributed by atoms with Gasteiger partial charge in [-0.2, -0.15) is 43.2 Å². The maximum atomic E-state index is 12.5. The van der Waals surface area contributed by atoms with Gasteiger partial charge in [-0.15, -0.1) is 0 Å². The second kappa shape index (κ2) is 5.65. The third-order valence-corrected chi connectivity index (χ3v) is 3.67. The van der Waals surface area contributed by atoms with Crippen molar-refractivity contribution in [2.75, 3.05) is 11.5 Å². The molecular formula is C6H8F6O6S2. The van der Waals surface area contributed by atoms with Crippen molar-refractivity contribution in [3.8, 4) is 0 Å². The highest BCUT2D eigenvalue weighted by molar-refractivity contribution is 7.86. The molecule has 2 unspecified atom stereocenters. The molecule has 0 heterocycles. The molecule has 0 bridgehead atoms. The topological polar surface area (TPSA) is 109 Å². The van der Waals surface area contributed by atoms with Crippen LogP contribution in [0.4, 0.5) is 26.3 Å². The fourth-order valence-corrected chi connectivity index (χ4v) is 3.08. The standard InChI is InChI=1S/C6H8F6O6S2/c7-5(8,9)3(1-19(13,14)15)4(6(10,11)12)2-20(16,17)18/h3-4H,1-2H2,(H,13,14,15)(H,16,17,18). The van der Waals surface area contributed by atoms with Gasteiger partial charge in [0.2, 0.25) is 0 Å². The second-order valence-electron chi connectivity index (χ2n) is 3.79. The van der Waals surface area contributed by atoms with Crippen LogP contribution in [-0.2, 0) is 20.2 Å². The van der Waals surface area contributed by atoms with Crippen molar-refractivity contribution in [1.29, 1.82) is 0 Å². The highest BCUT2D eigenvalue weighted by Gasteiger charge is 2.57. The van der Waals surface area contributed by atoms with Gasteiger partial charge in [0.25, 0.3) is 20.2 Å². The lowest BCUT2D eigenvalue weighted by atomic mass is 9.94. The molecule has 0 saturated carbocycles. The van der Waals surface area contributed by atoms with Crippen LogP contribution in [0.5, 0.6) is 0 Å². The lowest BCUT2D eigenvalue weighted by molar-refractivity contribution is -0.243. The van der Waals surface area contributed by atoms with Crippen LogP contribution in [0.15, 0.2) is 0 Å². The van der Waals surface area contributed by atoms with Crippen LogP contribution in [0.25, 0.3) is 0 Å². The van der Waals surface area contributed by atoms with Crippen LogP contribution in [-0.4, -0.2) is 49.8 Å². The van der Waals surface area contributed by atoms with Crippen LogP contribution in [0.3, 0.4) is 0 Å². The summed E-state index contributed by atoms with van der Waals surface area (Å²) in [7, 11) is -10.9. The average molecular weight is 354 g/mol. The molecule has 0 rings (SSSR count). The molecule has 0 aliphatic rings. The molecule has 0 radical (unpaired) electrons. The minimum absolute atomic E-state index is 2.38. The minimum atomic E-state index is -5.76. The highest BCUT2D eigenvalue weighted by Crippen LogP contribution is 2.42. The maximum absolute atomic E-state index is 12.5. The quantitative estimate of drug-likeness (QED) is 0.566. The molecule has 0 aromatic carbocycles. The van der Waals surface area contributed by atoms with E-state index < -0.39 is 55.9 Å². The number of alkyl halides is 6. The fraction of sp³-hybridized carbons (Fsp3) is 1.00. The van der Waals surface area contributed by atoms with Crippen LogP contribution < -0.4 is 0 Å². The summed E-state index contributed by atoms with van der Waals surface area (Å²) in [6.45, 7) is 0. The van der Waals surface area contributed by atoms with Crippen LogP contribution in [0.2, 0.25) is 0 Å².